The topological polar surface area (TPSA) is 17.1 Å². The maximum absolute atomic E-state index is 12.3. The lowest BCUT2D eigenvalue weighted by Crippen LogP contribution is -2.06. The minimum absolute atomic E-state index is 0.0600. The summed E-state index contributed by atoms with van der Waals surface area (Å²) in [5, 5.41) is 0. The third-order valence-electron chi connectivity index (χ3n) is 2.52. The summed E-state index contributed by atoms with van der Waals surface area (Å²) >= 11 is 10.2. The number of ketones is 1. The van der Waals surface area contributed by atoms with Gasteiger partial charge in [0.05, 0.1) is 0 Å². The monoisotopic (exact) mass is 430 g/mol. The molecular weight excluding hydrogens is 424 g/mol. The van der Waals surface area contributed by atoms with E-state index in [1.165, 1.54) is 0 Å². The molecule has 4 heteroatoms. The van der Waals surface area contributed by atoms with Crippen LogP contribution in [-0.2, 0) is 0 Å². The Hall–Kier alpha value is -0.450. The molecule has 0 radical (unpaired) electrons. The number of hydrogen-bond acceptors (Lipinski definition) is 1. The average molecular weight is 433 g/mol. The van der Waals surface area contributed by atoms with E-state index in [0.29, 0.717) is 5.56 Å². The van der Waals surface area contributed by atoms with Gasteiger partial charge in [-0.1, -0.05) is 72.1 Å². The van der Waals surface area contributed by atoms with Crippen LogP contribution in [-0.4, -0.2) is 5.78 Å². The summed E-state index contributed by atoms with van der Waals surface area (Å²) in [5.41, 5.74) is 1.65. The number of carbonyl (C=O) groups excluding carboxylic acids is 1. The van der Waals surface area contributed by atoms with E-state index in [0.717, 1.165) is 14.5 Å². The van der Waals surface area contributed by atoms with Crippen molar-refractivity contribution in [1.29, 1.82) is 0 Å². The summed E-state index contributed by atoms with van der Waals surface area (Å²) < 4.78 is 1.97. The third-order valence-corrected chi connectivity index (χ3v) is 4.52. The zero-order chi connectivity index (χ0) is 13.1. The number of halogens is 3. The van der Waals surface area contributed by atoms with E-state index in [2.05, 4.69) is 47.8 Å². The van der Waals surface area contributed by atoms with Crippen LogP contribution in [0, 0.1) is 0 Å². The highest BCUT2D eigenvalue weighted by Gasteiger charge is 2.18. The molecule has 0 aliphatic rings. The second kappa shape index (κ2) is 6.13. The Kier molecular flexibility index (Phi) is 4.76. The van der Waals surface area contributed by atoms with E-state index < -0.39 is 0 Å². The van der Waals surface area contributed by atoms with Crippen LogP contribution < -0.4 is 0 Å². The van der Waals surface area contributed by atoms with Crippen molar-refractivity contribution < 1.29 is 4.79 Å². The van der Waals surface area contributed by atoms with Gasteiger partial charge in [-0.25, -0.2) is 0 Å². The van der Waals surface area contributed by atoms with Crippen molar-refractivity contribution in [2.45, 2.75) is 4.83 Å². The number of Topliss-reactive ketones (excluding diaryl/α,β-unsaturated/α-hetero) is 1. The summed E-state index contributed by atoms with van der Waals surface area (Å²) in [4.78, 5) is 12.0. The Labute approximate surface area is 131 Å². The first-order valence-corrected chi connectivity index (χ1v) is 7.77. The fraction of sp³-hybridized carbons (Fsp3) is 0.0714. The van der Waals surface area contributed by atoms with Crippen LogP contribution in [0.5, 0.6) is 0 Å². The van der Waals surface area contributed by atoms with Gasteiger partial charge in [-0.05, 0) is 29.8 Å². The molecule has 0 aliphatic carbocycles. The van der Waals surface area contributed by atoms with Crippen LogP contribution in [0.2, 0.25) is 0 Å². The molecule has 92 valence electrons. The van der Waals surface area contributed by atoms with Gasteiger partial charge in [0.15, 0.2) is 5.78 Å². The van der Waals surface area contributed by atoms with E-state index >= 15 is 0 Å². The minimum atomic E-state index is -0.313. The standard InChI is InChI=1S/C14H9Br3O/c15-11-5-1-9(2-6-11)13(17)14(18)10-3-7-12(16)8-4-10/h1-8,13H/t13-/m0/s1. The lowest BCUT2D eigenvalue weighted by atomic mass is 10.0. The first-order chi connectivity index (χ1) is 8.58. The van der Waals surface area contributed by atoms with Gasteiger partial charge in [-0.15, -0.1) is 0 Å². The number of hydrogen-bond donors (Lipinski definition) is 0. The molecule has 2 aromatic rings. The van der Waals surface area contributed by atoms with Crippen molar-refractivity contribution in [2.75, 3.05) is 0 Å². The number of benzene rings is 2. The quantitative estimate of drug-likeness (QED) is 0.460. The van der Waals surface area contributed by atoms with E-state index in [9.17, 15) is 4.79 Å². The summed E-state index contributed by atoms with van der Waals surface area (Å²) in [6.45, 7) is 0. The number of carbonyl (C=O) groups is 1. The zero-order valence-corrected chi connectivity index (χ0v) is 14.0. The summed E-state index contributed by atoms with van der Waals surface area (Å²) in [6.07, 6.45) is 0. The SMILES string of the molecule is O=C(c1ccc(Br)cc1)[C@@H](Br)c1ccc(Br)cc1. The highest BCUT2D eigenvalue weighted by Crippen LogP contribution is 2.28. The Morgan fingerprint density at radius 1 is 0.833 bits per heavy atom. The molecule has 0 saturated heterocycles. The summed E-state index contributed by atoms with van der Waals surface area (Å²) in [6, 6.07) is 15.1. The summed E-state index contributed by atoms with van der Waals surface area (Å²) in [7, 11) is 0. The molecule has 0 fully saturated rings. The Morgan fingerprint density at radius 3 is 1.78 bits per heavy atom. The molecule has 1 nitrogen and oxygen atoms in total. The molecule has 18 heavy (non-hydrogen) atoms. The lowest BCUT2D eigenvalue weighted by molar-refractivity contribution is 0.0991. The second-order valence-corrected chi connectivity index (χ2v) is 6.53. The van der Waals surface area contributed by atoms with E-state index in [1.54, 1.807) is 0 Å². The predicted molar refractivity (Wildman–Crippen MR) is 84.3 cm³/mol. The number of alkyl halides is 1. The Bertz CT molecular complexity index is 546. The predicted octanol–water partition coefficient (Wildman–Crippen LogP) is 5.53. The highest BCUT2D eigenvalue weighted by molar-refractivity contribution is 9.10. The van der Waals surface area contributed by atoms with Crippen LogP contribution in [0.3, 0.4) is 0 Å². The van der Waals surface area contributed by atoms with Gasteiger partial charge < -0.3 is 0 Å². The maximum atomic E-state index is 12.3. The van der Waals surface area contributed by atoms with E-state index in [4.69, 9.17) is 0 Å². The van der Waals surface area contributed by atoms with Gasteiger partial charge in [0.2, 0.25) is 0 Å². The molecule has 0 amide bonds. The second-order valence-electron chi connectivity index (χ2n) is 3.79. The van der Waals surface area contributed by atoms with Gasteiger partial charge in [0.1, 0.15) is 4.83 Å². The molecule has 0 unspecified atom stereocenters. The molecule has 0 aromatic heterocycles. The van der Waals surface area contributed by atoms with Crippen molar-refractivity contribution in [2.24, 2.45) is 0 Å². The molecular formula is C14H9Br3O. The van der Waals surface area contributed by atoms with E-state index in [-0.39, 0.29) is 10.6 Å². The molecule has 0 spiro atoms. The molecule has 0 N–H and O–H groups in total. The van der Waals surface area contributed by atoms with E-state index in [1.807, 2.05) is 48.5 Å². The third kappa shape index (κ3) is 3.31. The smallest absolute Gasteiger partial charge is 0.180 e. The van der Waals surface area contributed by atoms with Crippen LogP contribution in [0.1, 0.15) is 20.7 Å². The van der Waals surface area contributed by atoms with Gasteiger partial charge in [-0.3, -0.25) is 4.79 Å². The van der Waals surface area contributed by atoms with Crippen molar-refractivity contribution in [3.05, 3.63) is 68.6 Å². The van der Waals surface area contributed by atoms with Gasteiger partial charge in [-0.2, -0.15) is 0 Å². The normalized spacial score (nSPS) is 12.2. The fourth-order valence-electron chi connectivity index (χ4n) is 1.54. The Balaban J connectivity index is 2.23. The number of rotatable bonds is 3. The molecule has 0 saturated carbocycles. The van der Waals surface area contributed by atoms with Gasteiger partial charge >= 0.3 is 0 Å². The molecule has 1 atom stereocenters. The molecule has 2 rings (SSSR count). The average Bonchev–Trinajstić information content (AvgIpc) is 2.39. The molecule has 0 aliphatic heterocycles. The van der Waals surface area contributed by atoms with Crippen LogP contribution in [0.15, 0.2) is 57.5 Å². The van der Waals surface area contributed by atoms with Crippen LogP contribution in [0.25, 0.3) is 0 Å². The first-order valence-electron chi connectivity index (χ1n) is 5.27. The largest absolute Gasteiger partial charge is 0.293 e. The maximum Gasteiger partial charge on any atom is 0.180 e. The van der Waals surface area contributed by atoms with Crippen molar-refractivity contribution in [3.63, 3.8) is 0 Å². The van der Waals surface area contributed by atoms with Gasteiger partial charge in [0, 0.05) is 14.5 Å². The minimum Gasteiger partial charge on any atom is -0.293 e. The van der Waals surface area contributed by atoms with Crippen LogP contribution >= 0.6 is 47.8 Å². The lowest BCUT2D eigenvalue weighted by Gasteiger charge is -2.09. The zero-order valence-electron chi connectivity index (χ0n) is 9.24. The van der Waals surface area contributed by atoms with Gasteiger partial charge in [0.25, 0.3) is 0 Å². The molecule has 0 heterocycles. The first kappa shape index (κ1) is 14.0. The van der Waals surface area contributed by atoms with Crippen molar-refractivity contribution in [1.82, 2.24) is 0 Å². The molecule has 0 bridgehead atoms. The van der Waals surface area contributed by atoms with Crippen LogP contribution in [0.4, 0.5) is 0 Å². The molecule has 2 aromatic carbocycles. The highest BCUT2D eigenvalue weighted by atomic mass is 79.9. The van der Waals surface area contributed by atoms with Crippen molar-refractivity contribution >= 4 is 53.6 Å². The Morgan fingerprint density at radius 2 is 1.28 bits per heavy atom. The van der Waals surface area contributed by atoms with Crippen molar-refractivity contribution in [3.8, 4) is 0 Å². The fourth-order valence-corrected chi connectivity index (χ4v) is 2.64. The summed E-state index contributed by atoms with van der Waals surface area (Å²) in [5.74, 6) is 0.0600.